The Morgan fingerprint density at radius 3 is 2.16 bits per heavy atom. The molecule has 0 aliphatic heterocycles. The highest BCUT2D eigenvalue weighted by molar-refractivity contribution is 6.03. The van der Waals surface area contributed by atoms with Crippen LogP contribution >= 0.6 is 0 Å². The predicted molar refractivity (Wildman–Crippen MR) is 103 cm³/mol. The minimum absolute atomic E-state index is 0.158. The van der Waals surface area contributed by atoms with Gasteiger partial charge in [-0.2, -0.15) is 0 Å². The standard InChI is InChI=1S/C22H29NO2/c1-5-16-25-20-14-12-19(13-15-20)21(24)22(6-2,23(3)4)17-18-10-8-7-9-11-18/h7-15H,5-6,16-17H2,1-4H3. The van der Waals surface area contributed by atoms with Gasteiger partial charge in [-0.15, -0.1) is 0 Å². The summed E-state index contributed by atoms with van der Waals surface area (Å²) < 4.78 is 5.62. The number of carbonyl (C=O) groups excluding carboxylic acids is 1. The minimum Gasteiger partial charge on any atom is -0.494 e. The molecular formula is C22H29NO2. The Kier molecular flexibility index (Phi) is 6.77. The average Bonchev–Trinajstić information content (AvgIpc) is 2.65. The van der Waals surface area contributed by atoms with E-state index in [0.717, 1.165) is 24.2 Å². The van der Waals surface area contributed by atoms with E-state index < -0.39 is 5.54 Å². The van der Waals surface area contributed by atoms with E-state index in [2.05, 4.69) is 30.9 Å². The second-order valence-electron chi connectivity index (χ2n) is 6.64. The first kappa shape index (κ1) is 19.2. The van der Waals surface area contributed by atoms with Gasteiger partial charge in [-0.05, 0) is 63.2 Å². The molecule has 2 aromatic carbocycles. The van der Waals surface area contributed by atoms with E-state index in [0.29, 0.717) is 13.0 Å². The van der Waals surface area contributed by atoms with Gasteiger partial charge < -0.3 is 4.74 Å². The number of benzene rings is 2. The molecule has 1 atom stereocenters. The molecule has 2 rings (SSSR count). The Hall–Kier alpha value is -2.13. The number of likely N-dealkylation sites (N-methyl/N-ethyl adjacent to an activating group) is 1. The molecule has 0 aliphatic carbocycles. The van der Waals surface area contributed by atoms with Crippen LogP contribution in [0.4, 0.5) is 0 Å². The maximum absolute atomic E-state index is 13.4. The van der Waals surface area contributed by atoms with Crippen molar-refractivity contribution >= 4 is 5.78 Å². The number of nitrogens with zero attached hydrogens (tertiary/aromatic N) is 1. The highest BCUT2D eigenvalue weighted by atomic mass is 16.5. The summed E-state index contributed by atoms with van der Waals surface area (Å²) in [5.74, 6) is 0.972. The molecule has 1 unspecified atom stereocenters. The van der Waals surface area contributed by atoms with Gasteiger partial charge >= 0.3 is 0 Å². The normalized spacial score (nSPS) is 13.5. The van der Waals surface area contributed by atoms with Crippen LogP contribution in [-0.4, -0.2) is 36.9 Å². The van der Waals surface area contributed by atoms with Crippen molar-refractivity contribution in [1.29, 1.82) is 0 Å². The fourth-order valence-electron chi connectivity index (χ4n) is 3.17. The Morgan fingerprint density at radius 2 is 1.64 bits per heavy atom. The highest BCUT2D eigenvalue weighted by Gasteiger charge is 2.39. The van der Waals surface area contributed by atoms with Crippen molar-refractivity contribution in [3.8, 4) is 5.75 Å². The third-order valence-corrected chi connectivity index (χ3v) is 4.79. The molecule has 0 spiro atoms. The lowest BCUT2D eigenvalue weighted by Crippen LogP contribution is -2.52. The summed E-state index contributed by atoms with van der Waals surface area (Å²) in [6.07, 6.45) is 2.42. The van der Waals surface area contributed by atoms with Gasteiger partial charge in [0, 0.05) is 5.56 Å². The van der Waals surface area contributed by atoms with E-state index in [4.69, 9.17) is 4.74 Å². The van der Waals surface area contributed by atoms with Crippen molar-refractivity contribution in [3.05, 3.63) is 65.7 Å². The monoisotopic (exact) mass is 339 g/mol. The maximum atomic E-state index is 13.4. The molecule has 0 aliphatic rings. The fourth-order valence-corrected chi connectivity index (χ4v) is 3.17. The van der Waals surface area contributed by atoms with Crippen LogP contribution in [0, 0.1) is 0 Å². The lowest BCUT2D eigenvalue weighted by molar-refractivity contribution is 0.0666. The molecule has 2 aromatic rings. The quantitative estimate of drug-likeness (QED) is 0.625. The molecule has 3 heteroatoms. The van der Waals surface area contributed by atoms with Gasteiger partial charge in [0.05, 0.1) is 12.1 Å². The molecule has 0 saturated heterocycles. The van der Waals surface area contributed by atoms with E-state index in [1.54, 1.807) is 0 Å². The zero-order valence-corrected chi connectivity index (χ0v) is 15.8. The zero-order chi connectivity index (χ0) is 18.3. The van der Waals surface area contributed by atoms with E-state index >= 15 is 0 Å². The second kappa shape index (κ2) is 8.82. The smallest absolute Gasteiger partial charge is 0.183 e. The van der Waals surface area contributed by atoms with Gasteiger partial charge in [-0.3, -0.25) is 9.69 Å². The summed E-state index contributed by atoms with van der Waals surface area (Å²) >= 11 is 0. The number of hydrogen-bond acceptors (Lipinski definition) is 3. The van der Waals surface area contributed by atoms with Gasteiger partial charge in [0.25, 0.3) is 0 Å². The van der Waals surface area contributed by atoms with E-state index in [1.807, 2.05) is 56.6 Å². The number of ether oxygens (including phenoxy) is 1. The number of ketones is 1. The van der Waals surface area contributed by atoms with Crippen molar-refractivity contribution in [2.75, 3.05) is 20.7 Å². The van der Waals surface area contributed by atoms with Crippen LogP contribution in [0.2, 0.25) is 0 Å². The molecule has 0 amide bonds. The molecule has 0 bridgehead atoms. The predicted octanol–water partition coefficient (Wildman–Crippen LogP) is 4.61. The number of Topliss-reactive ketones (excluding diaryl/α,β-unsaturated/α-hetero) is 1. The number of carbonyl (C=O) groups is 1. The molecule has 0 aromatic heterocycles. The van der Waals surface area contributed by atoms with E-state index in [9.17, 15) is 4.79 Å². The molecule has 25 heavy (non-hydrogen) atoms. The maximum Gasteiger partial charge on any atom is 0.183 e. The summed E-state index contributed by atoms with van der Waals surface area (Å²) in [4.78, 5) is 15.4. The summed E-state index contributed by atoms with van der Waals surface area (Å²) in [6, 6.07) is 17.8. The minimum atomic E-state index is -0.548. The largest absolute Gasteiger partial charge is 0.494 e. The Bertz CT molecular complexity index is 664. The molecular weight excluding hydrogens is 310 g/mol. The number of rotatable bonds is 9. The summed E-state index contributed by atoms with van der Waals surface area (Å²) in [7, 11) is 3.98. The van der Waals surface area contributed by atoms with Gasteiger partial charge in [0.15, 0.2) is 5.78 Å². The molecule has 0 N–H and O–H groups in total. The molecule has 3 nitrogen and oxygen atoms in total. The first-order chi connectivity index (χ1) is 12.0. The Balaban J connectivity index is 2.29. The lowest BCUT2D eigenvalue weighted by Gasteiger charge is -2.38. The average molecular weight is 339 g/mol. The van der Waals surface area contributed by atoms with Gasteiger partial charge in [-0.25, -0.2) is 0 Å². The highest BCUT2D eigenvalue weighted by Crippen LogP contribution is 2.28. The van der Waals surface area contributed by atoms with Crippen molar-refractivity contribution in [2.45, 2.75) is 38.6 Å². The van der Waals surface area contributed by atoms with Crippen LogP contribution in [0.1, 0.15) is 42.6 Å². The van der Waals surface area contributed by atoms with Crippen LogP contribution in [-0.2, 0) is 6.42 Å². The Labute approximate surface area is 151 Å². The summed E-state index contributed by atoms with van der Waals surface area (Å²) in [5.41, 5.74) is 1.36. The van der Waals surface area contributed by atoms with Crippen LogP contribution in [0.25, 0.3) is 0 Å². The zero-order valence-electron chi connectivity index (χ0n) is 15.8. The summed E-state index contributed by atoms with van der Waals surface area (Å²) in [5, 5.41) is 0. The van der Waals surface area contributed by atoms with E-state index in [1.165, 1.54) is 5.56 Å². The molecule has 134 valence electrons. The Morgan fingerprint density at radius 1 is 1.00 bits per heavy atom. The van der Waals surface area contributed by atoms with Crippen molar-refractivity contribution in [1.82, 2.24) is 4.90 Å². The van der Waals surface area contributed by atoms with Crippen LogP contribution in [0.15, 0.2) is 54.6 Å². The molecule has 0 heterocycles. The van der Waals surface area contributed by atoms with Crippen molar-refractivity contribution in [3.63, 3.8) is 0 Å². The van der Waals surface area contributed by atoms with E-state index in [-0.39, 0.29) is 5.78 Å². The molecule has 0 fully saturated rings. The third kappa shape index (κ3) is 4.49. The topological polar surface area (TPSA) is 29.5 Å². The van der Waals surface area contributed by atoms with Crippen LogP contribution < -0.4 is 4.74 Å². The SMILES string of the molecule is CCCOc1ccc(C(=O)C(CC)(Cc2ccccc2)N(C)C)cc1. The van der Waals surface area contributed by atoms with Crippen LogP contribution in [0.5, 0.6) is 5.75 Å². The van der Waals surface area contributed by atoms with Crippen molar-refractivity contribution < 1.29 is 9.53 Å². The van der Waals surface area contributed by atoms with Crippen LogP contribution in [0.3, 0.4) is 0 Å². The molecule has 0 saturated carbocycles. The van der Waals surface area contributed by atoms with Gasteiger partial charge in [0.1, 0.15) is 5.75 Å². The van der Waals surface area contributed by atoms with Crippen molar-refractivity contribution in [2.24, 2.45) is 0 Å². The number of hydrogen-bond donors (Lipinski definition) is 0. The van der Waals surface area contributed by atoms with Gasteiger partial charge in [-0.1, -0.05) is 44.2 Å². The fraction of sp³-hybridized carbons (Fsp3) is 0.409. The third-order valence-electron chi connectivity index (χ3n) is 4.79. The lowest BCUT2D eigenvalue weighted by atomic mass is 9.80. The first-order valence-corrected chi connectivity index (χ1v) is 9.02. The first-order valence-electron chi connectivity index (χ1n) is 9.02. The van der Waals surface area contributed by atoms with Gasteiger partial charge in [0.2, 0.25) is 0 Å². The second-order valence-corrected chi connectivity index (χ2v) is 6.64. The summed E-state index contributed by atoms with van der Waals surface area (Å²) in [6.45, 7) is 4.85. The molecule has 0 radical (unpaired) electrons.